The molecule has 3 aromatic heterocycles. The molecule has 142 valence electrons. The summed E-state index contributed by atoms with van der Waals surface area (Å²) in [5.41, 5.74) is 4.76. The summed E-state index contributed by atoms with van der Waals surface area (Å²) >= 11 is 3.60. The zero-order valence-corrected chi connectivity index (χ0v) is 17.4. The molecule has 30 heavy (non-hydrogen) atoms. The van der Waals surface area contributed by atoms with Crippen LogP contribution in [0.4, 0.5) is 0 Å². The lowest BCUT2D eigenvalue weighted by molar-refractivity contribution is 0.997. The summed E-state index contributed by atoms with van der Waals surface area (Å²) in [5.74, 6) is 0.619. The van der Waals surface area contributed by atoms with Crippen molar-refractivity contribution in [3.63, 3.8) is 0 Å². The van der Waals surface area contributed by atoms with Gasteiger partial charge in [-0.2, -0.15) is 0 Å². The van der Waals surface area contributed by atoms with Crippen LogP contribution in [0.5, 0.6) is 0 Å². The molecule has 0 bridgehead atoms. The van der Waals surface area contributed by atoms with Crippen molar-refractivity contribution < 1.29 is 0 Å². The van der Waals surface area contributed by atoms with E-state index in [1.165, 1.54) is 0 Å². The van der Waals surface area contributed by atoms with Crippen molar-refractivity contribution in [3.8, 4) is 17.2 Å². The fraction of sp³-hybridized carbons (Fsp3) is 0. The smallest absolute Gasteiger partial charge is 0.237 e. The van der Waals surface area contributed by atoms with Gasteiger partial charge in [0.15, 0.2) is 0 Å². The molecular weight excluding hydrogens is 436 g/mol. The van der Waals surface area contributed by atoms with E-state index < -0.39 is 0 Å². The third kappa shape index (κ3) is 2.63. The van der Waals surface area contributed by atoms with Gasteiger partial charge in [-0.25, -0.2) is 15.0 Å². The molecule has 0 spiro atoms. The molecule has 0 atom stereocenters. The van der Waals surface area contributed by atoms with E-state index in [0.717, 1.165) is 48.6 Å². The molecule has 5 heteroatoms. The predicted molar refractivity (Wildman–Crippen MR) is 125 cm³/mol. The summed E-state index contributed by atoms with van der Waals surface area (Å²) < 4.78 is 3.08. The highest BCUT2D eigenvalue weighted by molar-refractivity contribution is 9.10. The van der Waals surface area contributed by atoms with Gasteiger partial charge in [-0.05, 0) is 36.4 Å². The maximum absolute atomic E-state index is 5.04. The lowest BCUT2D eigenvalue weighted by atomic mass is 10.1. The summed E-state index contributed by atoms with van der Waals surface area (Å²) in [6.45, 7) is 0. The number of fused-ring (bicyclic) bond motifs is 4. The van der Waals surface area contributed by atoms with E-state index in [0.29, 0.717) is 5.95 Å². The molecule has 0 fully saturated rings. The van der Waals surface area contributed by atoms with Gasteiger partial charge in [0.25, 0.3) is 0 Å². The fourth-order valence-corrected chi connectivity index (χ4v) is 4.36. The molecule has 6 rings (SSSR count). The molecular formula is C25H15BrN4. The van der Waals surface area contributed by atoms with Crippen molar-refractivity contribution in [3.05, 3.63) is 95.6 Å². The quantitative estimate of drug-likeness (QED) is 0.300. The largest absolute Gasteiger partial charge is 0.262 e. The van der Waals surface area contributed by atoms with Crippen LogP contribution in [0.1, 0.15) is 0 Å². The number of para-hydroxylation sites is 1. The van der Waals surface area contributed by atoms with Gasteiger partial charge in [0, 0.05) is 32.4 Å². The zero-order chi connectivity index (χ0) is 20.1. The molecule has 3 heterocycles. The molecule has 6 aromatic rings. The number of pyridine rings is 1. The van der Waals surface area contributed by atoms with Gasteiger partial charge in [-0.15, -0.1) is 0 Å². The normalized spacial score (nSPS) is 11.5. The Morgan fingerprint density at radius 1 is 0.700 bits per heavy atom. The minimum Gasteiger partial charge on any atom is -0.262 e. The summed E-state index contributed by atoms with van der Waals surface area (Å²) in [6.07, 6.45) is 1.81. The lowest BCUT2D eigenvalue weighted by Crippen LogP contribution is -2.04. The van der Waals surface area contributed by atoms with Crippen LogP contribution in [0.3, 0.4) is 0 Å². The Balaban J connectivity index is 1.75. The second-order valence-corrected chi connectivity index (χ2v) is 8.04. The molecule has 0 saturated carbocycles. The molecule has 0 aliphatic carbocycles. The Labute approximate surface area is 181 Å². The molecule has 0 radical (unpaired) electrons. The van der Waals surface area contributed by atoms with Crippen LogP contribution in [0.15, 0.2) is 95.6 Å². The monoisotopic (exact) mass is 450 g/mol. The van der Waals surface area contributed by atoms with E-state index >= 15 is 0 Å². The highest BCUT2D eigenvalue weighted by Crippen LogP contribution is 2.33. The average Bonchev–Trinajstić information content (AvgIpc) is 3.12. The second-order valence-electron chi connectivity index (χ2n) is 7.13. The Kier molecular flexibility index (Phi) is 3.89. The minimum absolute atomic E-state index is 0.619. The Morgan fingerprint density at radius 3 is 2.40 bits per heavy atom. The molecule has 3 aromatic carbocycles. The van der Waals surface area contributed by atoms with Crippen LogP contribution < -0.4 is 0 Å². The number of nitrogens with zero attached hydrogens (tertiary/aromatic N) is 4. The van der Waals surface area contributed by atoms with E-state index in [-0.39, 0.29) is 0 Å². The van der Waals surface area contributed by atoms with Crippen LogP contribution in [0, 0.1) is 0 Å². The predicted octanol–water partition coefficient (Wildman–Crippen LogP) is 6.55. The van der Waals surface area contributed by atoms with E-state index in [9.17, 15) is 0 Å². The van der Waals surface area contributed by atoms with Gasteiger partial charge in [0.2, 0.25) is 5.95 Å². The van der Waals surface area contributed by atoms with Gasteiger partial charge in [0.05, 0.1) is 16.7 Å². The third-order valence-corrected chi connectivity index (χ3v) is 5.82. The Morgan fingerprint density at radius 2 is 1.50 bits per heavy atom. The van der Waals surface area contributed by atoms with Gasteiger partial charge < -0.3 is 0 Å². The number of aromatic nitrogens is 4. The summed E-state index contributed by atoms with van der Waals surface area (Å²) in [6, 6.07) is 28.7. The number of benzene rings is 3. The van der Waals surface area contributed by atoms with Crippen molar-refractivity contribution in [1.82, 2.24) is 19.5 Å². The first-order chi connectivity index (χ1) is 14.8. The van der Waals surface area contributed by atoms with Crippen molar-refractivity contribution in [2.24, 2.45) is 0 Å². The summed E-state index contributed by atoms with van der Waals surface area (Å²) in [5, 5.41) is 3.22. The van der Waals surface area contributed by atoms with E-state index in [2.05, 4.69) is 61.9 Å². The summed E-state index contributed by atoms with van der Waals surface area (Å²) in [7, 11) is 0. The number of hydrogen-bond acceptors (Lipinski definition) is 3. The lowest BCUT2D eigenvalue weighted by Gasteiger charge is -2.11. The average molecular weight is 451 g/mol. The standard InChI is InChI=1S/C25H15BrN4/c26-17-12-13-22-20(15-17)18-10-6-14-27-24(18)30(22)25-28-21-11-5-4-9-19(21)23(29-25)16-7-2-1-3-8-16/h1-15H. The number of rotatable bonds is 2. The molecule has 0 amide bonds. The minimum atomic E-state index is 0.619. The van der Waals surface area contributed by atoms with E-state index in [1.807, 2.05) is 54.7 Å². The summed E-state index contributed by atoms with van der Waals surface area (Å²) in [4.78, 5) is 14.6. The van der Waals surface area contributed by atoms with Gasteiger partial charge in [-0.1, -0.05) is 64.5 Å². The molecule has 0 aliphatic heterocycles. The van der Waals surface area contributed by atoms with Crippen molar-refractivity contribution >= 4 is 48.8 Å². The van der Waals surface area contributed by atoms with Gasteiger partial charge >= 0.3 is 0 Å². The van der Waals surface area contributed by atoms with Crippen LogP contribution in [-0.2, 0) is 0 Å². The number of hydrogen-bond donors (Lipinski definition) is 0. The van der Waals surface area contributed by atoms with Gasteiger partial charge in [0.1, 0.15) is 5.65 Å². The fourth-order valence-electron chi connectivity index (χ4n) is 4.00. The molecule has 0 aliphatic rings. The van der Waals surface area contributed by atoms with Crippen molar-refractivity contribution in [2.75, 3.05) is 0 Å². The SMILES string of the molecule is Brc1ccc2c(c1)c1cccnc1n2-c1nc(-c2ccccc2)c2ccccc2n1. The van der Waals surface area contributed by atoms with Crippen LogP contribution in [0.25, 0.3) is 50.0 Å². The highest BCUT2D eigenvalue weighted by Gasteiger charge is 2.17. The first-order valence-corrected chi connectivity index (χ1v) is 10.5. The van der Waals surface area contributed by atoms with E-state index in [4.69, 9.17) is 9.97 Å². The van der Waals surface area contributed by atoms with Crippen molar-refractivity contribution in [1.29, 1.82) is 0 Å². The van der Waals surface area contributed by atoms with Gasteiger partial charge in [-0.3, -0.25) is 4.57 Å². The molecule has 0 saturated heterocycles. The van der Waals surface area contributed by atoms with Crippen LogP contribution in [-0.4, -0.2) is 19.5 Å². The third-order valence-electron chi connectivity index (χ3n) is 5.33. The van der Waals surface area contributed by atoms with Crippen LogP contribution in [0.2, 0.25) is 0 Å². The number of halogens is 1. The highest BCUT2D eigenvalue weighted by atomic mass is 79.9. The first-order valence-electron chi connectivity index (χ1n) is 9.67. The topological polar surface area (TPSA) is 43.6 Å². The first kappa shape index (κ1) is 17.3. The molecule has 0 unspecified atom stereocenters. The van der Waals surface area contributed by atoms with E-state index in [1.54, 1.807) is 0 Å². The molecule has 0 N–H and O–H groups in total. The maximum atomic E-state index is 5.04. The van der Waals surface area contributed by atoms with Crippen molar-refractivity contribution in [2.45, 2.75) is 0 Å². The Bertz CT molecular complexity index is 1550. The second kappa shape index (κ2) is 6.75. The zero-order valence-electron chi connectivity index (χ0n) is 15.8. The van der Waals surface area contributed by atoms with Crippen LogP contribution >= 0.6 is 15.9 Å². The maximum Gasteiger partial charge on any atom is 0.237 e. The Hall–Kier alpha value is -3.57. The molecule has 4 nitrogen and oxygen atoms in total.